The first-order valence-electron chi connectivity index (χ1n) is 5.69. The van der Waals surface area contributed by atoms with E-state index in [-0.39, 0.29) is 12.4 Å². The number of benzene rings is 2. The van der Waals surface area contributed by atoms with Gasteiger partial charge in [0.25, 0.3) is 0 Å². The van der Waals surface area contributed by atoms with Crippen molar-refractivity contribution in [3.63, 3.8) is 0 Å². The predicted molar refractivity (Wildman–Crippen MR) is 73.7 cm³/mol. The second-order valence-corrected chi connectivity index (χ2v) is 4.32. The monoisotopic (exact) mass is 278 g/mol. The number of halogens is 2. The highest BCUT2D eigenvalue weighted by Crippen LogP contribution is 2.20. The molecule has 3 nitrogen and oxygen atoms in total. The first-order valence-corrected chi connectivity index (χ1v) is 6.07. The molecule has 2 aromatic rings. The van der Waals surface area contributed by atoms with Gasteiger partial charge in [-0.1, -0.05) is 35.9 Å². The van der Waals surface area contributed by atoms with Gasteiger partial charge in [-0.2, -0.15) is 0 Å². The summed E-state index contributed by atoms with van der Waals surface area (Å²) in [5.74, 6) is -0.328. The summed E-state index contributed by atoms with van der Waals surface area (Å²) in [5.41, 5.74) is 1.22. The third kappa shape index (κ3) is 3.96. The van der Waals surface area contributed by atoms with Gasteiger partial charge >= 0.3 is 6.03 Å². The fraction of sp³-hybridized carbons (Fsp3) is 0.0714. The Morgan fingerprint density at radius 1 is 1.16 bits per heavy atom. The normalized spacial score (nSPS) is 10.0. The van der Waals surface area contributed by atoms with Gasteiger partial charge in [0.1, 0.15) is 5.82 Å². The molecule has 0 aliphatic rings. The number of carbonyl (C=O) groups excluding carboxylic acids is 1. The van der Waals surface area contributed by atoms with E-state index in [2.05, 4.69) is 10.6 Å². The summed E-state index contributed by atoms with van der Waals surface area (Å²) >= 11 is 5.91. The van der Waals surface area contributed by atoms with Gasteiger partial charge in [-0.25, -0.2) is 9.18 Å². The van der Waals surface area contributed by atoms with Gasteiger partial charge in [-0.05, 0) is 29.8 Å². The maximum absolute atomic E-state index is 12.9. The molecule has 0 radical (unpaired) electrons. The summed E-state index contributed by atoms with van der Waals surface area (Å²) in [6.45, 7) is 0.244. The van der Waals surface area contributed by atoms with Gasteiger partial charge in [0, 0.05) is 6.54 Å². The summed E-state index contributed by atoms with van der Waals surface area (Å²) in [6, 6.07) is 12.6. The summed E-state index contributed by atoms with van der Waals surface area (Å²) in [4.78, 5) is 11.6. The number of para-hydroxylation sites is 1. The zero-order valence-electron chi connectivity index (χ0n) is 9.99. The number of urea groups is 1. The van der Waals surface area contributed by atoms with Crippen molar-refractivity contribution in [2.45, 2.75) is 6.54 Å². The van der Waals surface area contributed by atoms with Crippen LogP contribution in [0, 0.1) is 5.82 Å². The SMILES string of the molecule is O=C(NCc1cccc(F)c1)Nc1ccccc1Cl. The molecule has 2 N–H and O–H groups in total. The van der Waals surface area contributed by atoms with Gasteiger partial charge in [-0.3, -0.25) is 0 Å². The quantitative estimate of drug-likeness (QED) is 0.881. The second-order valence-electron chi connectivity index (χ2n) is 3.92. The molecule has 0 spiro atoms. The Morgan fingerprint density at radius 2 is 1.95 bits per heavy atom. The second kappa shape index (κ2) is 6.20. The minimum atomic E-state index is -0.391. The molecule has 2 amide bonds. The topological polar surface area (TPSA) is 41.1 Å². The maximum Gasteiger partial charge on any atom is 0.319 e. The number of nitrogens with one attached hydrogen (secondary N) is 2. The smallest absolute Gasteiger partial charge is 0.319 e. The third-order valence-corrected chi connectivity index (χ3v) is 2.79. The van der Waals surface area contributed by atoms with Crippen molar-refractivity contribution >= 4 is 23.3 Å². The Bertz CT molecular complexity index is 589. The molecule has 0 saturated heterocycles. The zero-order chi connectivity index (χ0) is 13.7. The number of rotatable bonds is 3. The first-order chi connectivity index (χ1) is 9.15. The van der Waals surface area contributed by atoms with Gasteiger partial charge in [0.15, 0.2) is 0 Å². The number of hydrogen-bond donors (Lipinski definition) is 2. The van der Waals surface area contributed by atoms with Crippen LogP contribution in [0.1, 0.15) is 5.56 Å². The van der Waals surface area contributed by atoms with Crippen LogP contribution < -0.4 is 10.6 Å². The minimum absolute atomic E-state index is 0.244. The Balaban J connectivity index is 1.90. The molecule has 0 aromatic heterocycles. The van der Waals surface area contributed by atoms with Crippen molar-refractivity contribution in [2.24, 2.45) is 0 Å². The molecule has 0 fully saturated rings. The average molecular weight is 279 g/mol. The molecule has 19 heavy (non-hydrogen) atoms. The van der Waals surface area contributed by atoms with Crippen LogP contribution in [0.15, 0.2) is 48.5 Å². The zero-order valence-corrected chi connectivity index (χ0v) is 10.7. The Hall–Kier alpha value is -2.07. The van der Waals surface area contributed by atoms with E-state index in [0.717, 1.165) is 0 Å². The van der Waals surface area contributed by atoms with Crippen molar-refractivity contribution in [3.05, 3.63) is 64.9 Å². The van der Waals surface area contributed by atoms with E-state index >= 15 is 0 Å². The molecule has 98 valence electrons. The van der Waals surface area contributed by atoms with Gasteiger partial charge in [0.05, 0.1) is 10.7 Å². The lowest BCUT2D eigenvalue weighted by molar-refractivity contribution is 0.251. The van der Waals surface area contributed by atoms with Crippen LogP contribution in [0.25, 0.3) is 0 Å². The molecule has 5 heteroatoms. The van der Waals surface area contributed by atoms with E-state index in [1.807, 2.05) is 0 Å². The molecule has 0 bridgehead atoms. The first kappa shape index (κ1) is 13.4. The van der Waals surface area contributed by atoms with E-state index in [1.165, 1.54) is 12.1 Å². The molecule has 2 aromatic carbocycles. The lowest BCUT2D eigenvalue weighted by Gasteiger charge is -2.08. The molecule has 2 rings (SSSR count). The highest BCUT2D eigenvalue weighted by Gasteiger charge is 2.04. The number of carbonyl (C=O) groups is 1. The molecular weight excluding hydrogens is 267 g/mol. The van der Waals surface area contributed by atoms with Crippen LogP contribution in [0.2, 0.25) is 5.02 Å². The molecule has 0 saturated carbocycles. The average Bonchev–Trinajstić information content (AvgIpc) is 2.39. The standard InChI is InChI=1S/C14H12ClFN2O/c15-12-6-1-2-7-13(12)18-14(19)17-9-10-4-3-5-11(16)8-10/h1-8H,9H2,(H2,17,18,19). The Labute approximate surface area is 115 Å². The van der Waals surface area contributed by atoms with E-state index < -0.39 is 6.03 Å². The molecule has 0 aliphatic heterocycles. The highest BCUT2D eigenvalue weighted by atomic mass is 35.5. The van der Waals surface area contributed by atoms with Gasteiger partial charge in [-0.15, -0.1) is 0 Å². The molecule has 0 heterocycles. The fourth-order valence-corrected chi connectivity index (χ4v) is 1.74. The van der Waals surface area contributed by atoms with Gasteiger partial charge in [0.2, 0.25) is 0 Å². The van der Waals surface area contributed by atoms with E-state index in [1.54, 1.807) is 36.4 Å². The Morgan fingerprint density at radius 3 is 2.68 bits per heavy atom. The summed E-state index contributed by atoms with van der Waals surface area (Å²) in [5, 5.41) is 5.71. The van der Waals surface area contributed by atoms with Crippen molar-refractivity contribution in [1.29, 1.82) is 0 Å². The van der Waals surface area contributed by atoms with Crippen molar-refractivity contribution in [2.75, 3.05) is 5.32 Å². The summed E-state index contributed by atoms with van der Waals surface area (Å²) in [6.07, 6.45) is 0. The van der Waals surface area contributed by atoms with Crippen LogP contribution >= 0.6 is 11.6 Å². The number of hydrogen-bond acceptors (Lipinski definition) is 1. The maximum atomic E-state index is 12.9. The van der Waals surface area contributed by atoms with E-state index in [0.29, 0.717) is 16.3 Å². The summed E-state index contributed by atoms with van der Waals surface area (Å²) < 4.78 is 12.9. The predicted octanol–water partition coefficient (Wildman–Crippen LogP) is 3.80. The third-order valence-electron chi connectivity index (χ3n) is 2.46. The van der Waals surface area contributed by atoms with Crippen molar-refractivity contribution < 1.29 is 9.18 Å². The van der Waals surface area contributed by atoms with Crippen LogP contribution in [0.5, 0.6) is 0 Å². The van der Waals surface area contributed by atoms with Crippen LogP contribution in [0.3, 0.4) is 0 Å². The fourth-order valence-electron chi connectivity index (χ4n) is 1.56. The van der Waals surface area contributed by atoms with Crippen molar-refractivity contribution in [1.82, 2.24) is 5.32 Å². The largest absolute Gasteiger partial charge is 0.334 e. The molecular formula is C14H12ClFN2O. The molecule has 0 unspecified atom stereocenters. The van der Waals surface area contributed by atoms with Crippen LogP contribution in [0.4, 0.5) is 14.9 Å². The summed E-state index contributed by atoms with van der Waals surface area (Å²) in [7, 11) is 0. The van der Waals surface area contributed by atoms with E-state index in [4.69, 9.17) is 11.6 Å². The van der Waals surface area contributed by atoms with Crippen LogP contribution in [-0.2, 0) is 6.54 Å². The lowest BCUT2D eigenvalue weighted by atomic mass is 10.2. The highest BCUT2D eigenvalue weighted by molar-refractivity contribution is 6.33. The van der Waals surface area contributed by atoms with Crippen LogP contribution in [-0.4, -0.2) is 6.03 Å². The molecule has 0 aliphatic carbocycles. The number of amides is 2. The van der Waals surface area contributed by atoms with Gasteiger partial charge < -0.3 is 10.6 Å². The lowest BCUT2D eigenvalue weighted by Crippen LogP contribution is -2.28. The molecule has 0 atom stereocenters. The van der Waals surface area contributed by atoms with E-state index in [9.17, 15) is 9.18 Å². The number of anilines is 1. The minimum Gasteiger partial charge on any atom is -0.334 e. The Kier molecular flexibility index (Phi) is 4.36. The van der Waals surface area contributed by atoms with Crippen molar-refractivity contribution in [3.8, 4) is 0 Å².